The molecule has 3 heteroatoms. The van der Waals surface area contributed by atoms with Crippen molar-refractivity contribution in [3.63, 3.8) is 0 Å². The maximum atomic E-state index is 12.4. The van der Waals surface area contributed by atoms with Gasteiger partial charge in [-0.3, -0.25) is 4.79 Å². The van der Waals surface area contributed by atoms with Crippen LogP contribution < -0.4 is 10.1 Å². The molecule has 3 aromatic rings. The van der Waals surface area contributed by atoms with Gasteiger partial charge in [-0.1, -0.05) is 48.5 Å². The van der Waals surface area contributed by atoms with Crippen LogP contribution in [-0.4, -0.2) is 12.0 Å². The number of fused-ring (bicyclic) bond motifs is 1. The van der Waals surface area contributed by atoms with Crippen molar-refractivity contribution in [2.24, 2.45) is 0 Å². The van der Waals surface area contributed by atoms with Gasteiger partial charge in [-0.25, -0.2) is 0 Å². The van der Waals surface area contributed by atoms with Crippen LogP contribution in [0.1, 0.15) is 23.6 Å². The Bertz CT molecular complexity index is 876. The normalized spacial score (nSPS) is 12.0. The van der Waals surface area contributed by atoms with Crippen LogP contribution in [0.5, 0.6) is 5.75 Å². The summed E-state index contributed by atoms with van der Waals surface area (Å²) in [6, 6.07) is 20.3. The fourth-order valence-corrected chi connectivity index (χ4v) is 3.03. The summed E-state index contributed by atoms with van der Waals surface area (Å²) >= 11 is 0. The summed E-state index contributed by atoms with van der Waals surface area (Å²) in [5.74, 6) is 0.609. The van der Waals surface area contributed by atoms with Gasteiger partial charge in [0.2, 0.25) is 0 Å². The number of hydrogen-bond acceptors (Lipinski definition) is 2. The summed E-state index contributed by atoms with van der Waals surface area (Å²) in [6.45, 7) is 6.30. The zero-order valence-electron chi connectivity index (χ0n) is 14.9. The second-order valence-electron chi connectivity index (χ2n) is 6.44. The van der Waals surface area contributed by atoms with Crippen LogP contribution in [0.3, 0.4) is 0 Å². The predicted octanol–water partition coefficient (Wildman–Crippen LogP) is 4.54. The van der Waals surface area contributed by atoms with E-state index in [9.17, 15) is 4.79 Å². The van der Waals surface area contributed by atoms with Crippen molar-refractivity contribution < 1.29 is 9.53 Å². The number of rotatable bonds is 5. The second-order valence-corrected chi connectivity index (χ2v) is 6.44. The maximum Gasteiger partial charge on any atom is 0.261 e. The molecule has 0 aliphatic carbocycles. The number of nitrogens with one attached hydrogen (secondary N) is 1. The Labute approximate surface area is 148 Å². The minimum absolute atomic E-state index is 0.118. The molecule has 0 bridgehead atoms. The molecule has 0 unspecified atom stereocenters. The van der Waals surface area contributed by atoms with Gasteiger partial charge in [0.1, 0.15) is 5.75 Å². The molecule has 3 nitrogen and oxygen atoms in total. The first-order chi connectivity index (χ1) is 12.0. The second kappa shape index (κ2) is 7.39. The highest BCUT2D eigenvalue weighted by Crippen LogP contribution is 2.19. The molecule has 1 N–H and O–H groups in total. The minimum atomic E-state index is -0.545. The third kappa shape index (κ3) is 4.18. The van der Waals surface area contributed by atoms with Gasteiger partial charge in [-0.15, -0.1) is 0 Å². The van der Waals surface area contributed by atoms with Gasteiger partial charge in [0.25, 0.3) is 5.91 Å². The molecule has 3 rings (SSSR count). The summed E-state index contributed by atoms with van der Waals surface area (Å²) in [5, 5.41) is 5.31. The SMILES string of the molecule is Cc1cc(C)cc(O[C@H](C)C(=O)NCc2cccc3ccccc23)c1. The fraction of sp³-hybridized carbons (Fsp3) is 0.227. The Morgan fingerprint density at radius 1 is 1.00 bits per heavy atom. The van der Waals surface area contributed by atoms with Gasteiger partial charge in [0.05, 0.1) is 0 Å². The summed E-state index contributed by atoms with van der Waals surface area (Å²) in [6.07, 6.45) is -0.545. The average Bonchev–Trinajstić information content (AvgIpc) is 2.58. The molecule has 0 saturated heterocycles. The number of carbonyl (C=O) groups is 1. The molecule has 1 atom stereocenters. The van der Waals surface area contributed by atoms with Gasteiger partial charge in [-0.05, 0) is 60.4 Å². The van der Waals surface area contributed by atoms with Gasteiger partial charge >= 0.3 is 0 Å². The van der Waals surface area contributed by atoms with E-state index in [4.69, 9.17) is 4.74 Å². The van der Waals surface area contributed by atoms with Crippen LogP contribution in [0.2, 0.25) is 0 Å². The van der Waals surface area contributed by atoms with E-state index >= 15 is 0 Å². The maximum absolute atomic E-state index is 12.4. The van der Waals surface area contributed by atoms with Crippen molar-refractivity contribution in [2.75, 3.05) is 0 Å². The molecule has 0 aromatic heterocycles. The van der Waals surface area contributed by atoms with Crippen LogP contribution in [0.15, 0.2) is 60.7 Å². The van der Waals surface area contributed by atoms with E-state index in [1.54, 1.807) is 6.92 Å². The lowest BCUT2D eigenvalue weighted by Crippen LogP contribution is -2.35. The van der Waals surface area contributed by atoms with E-state index in [1.165, 1.54) is 5.39 Å². The van der Waals surface area contributed by atoms with Gasteiger partial charge in [-0.2, -0.15) is 0 Å². The van der Waals surface area contributed by atoms with Crippen molar-refractivity contribution >= 4 is 16.7 Å². The van der Waals surface area contributed by atoms with Crippen LogP contribution in [0.25, 0.3) is 10.8 Å². The topological polar surface area (TPSA) is 38.3 Å². The number of benzene rings is 3. The molecule has 0 spiro atoms. The number of hydrogen-bond donors (Lipinski definition) is 1. The molecule has 0 radical (unpaired) electrons. The molecule has 25 heavy (non-hydrogen) atoms. The van der Waals surface area contributed by atoms with E-state index in [2.05, 4.69) is 29.6 Å². The van der Waals surface area contributed by atoms with E-state index in [-0.39, 0.29) is 5.91 Å². The smallest absolute Gasteiger partial charge is 0.261 e. The van der Waals surface area contributed by atoms with Crippen molar-refractivity contribution in [1.29, 1.82) is 0 Å². The van der Waals surface area contributed by atoms with E-state index in [0.717, 1.165) is 27.8 Å². The highest BCUT2D eigenvalue weighted by Gasteiger charge is 2.15. The van der Waals surface area contributed by atoms with Crippen LogP contribution in [0, 0.1) is 13.8 Å². The van der Waals surface area contributed by atoms with Crippen molar-refractivity contribution in [3.05, 3.63) is 77.4 Å². The Hall–Kier alpha value is -2.81. The summed E-state index contributed by atoms with van der Waals surface area (Å²) in [7, 11) is 0. The molecule has 0 heterocycles. The molecular formula is C22H23NO2. The van der Waals surface area contributed by atoms with Crippen LogP contribution >= 0.6 is 0 Å². The third-order valence-electron chi connectivity index (χ3n) is 4.21. The summed E-state index contributed by atoms with van der Waals surface area (Å²) < 4.78 is 5.80. The fourth-order valence-electron chi connectivity index (χ4n) is 3.03. The monoisotopic (exact) mass is 333 g/mol. The van der Waals surface area contributed by atoms with E-state index in [0.29, 0.717) is 6.54 Å². The number of ether oxygens (including phenoxy) is 1. The zero-order chi connectivity index (χ0) is 17.8. The van der Waals surface area contributed by atoms with Crippen LogP contribution in [-0.2, 0) is 11.3 Å². The lowest BCUT2D eigenvalue weighted by atomic mass is 10.0. The quantitative estimate of drug-likeness (QED) is 0.744. The standard InChI is InChI=1S/C22H23NO2/c1-15-11-16(2)13-20(12-15)25-17(3)22(24)23-14-19-9-6-8-18-7-4-5-10-21(18)19/h4-13,17H,14H2,1-3H3,(H,23,24)/t17-/m1/s1. The molecule has 0 aliphatic rings. The molecule has 3 aromatic carbocycles. The highest BCUT2D eigenvalue weighted by molar-refractivity contribution is 5.86. The van der Waals surface area contributed by atoms with Gasteiger partial charge < -0.3 is 10.1 Å². The lowest BCUT2D eigenvalue weighted by Gasteiger charge is -2.16. The first-order valence-corrected chi connectivity index (χ1v) is 8.52. The Kier molecular flexibility index (Phi) is 5.03. The molecular weight excluding hydrogens is 310 g/mol. The lowest BCUT2D eigenvalue weighted by molar-refractivity contribution is -0.127. The third-order valence-corrected chi connectivity index (χ3v) is 4.21. The first kappa shape index (κ1) is 17.0. The van der Waals surface area contributed by atoms with E-state index in [1.807, 2.05) is 50.2 Å². The van der Waals surface area contributed by atoms with Crippen molar-refractivity contribution in [2.45, 2.75) is 33.4 Å². The summed E-state index contributed by atoms with van der Waals surface area (Å²) in [4.78, 5) is 12.4. The van der Waals surface area contributed by atoms with Gasteiger partial charge in [0.15, 0.2) is 6.10 Å². The number of amides is 1. The summed E-state index contributed by atoms with van der Waals surface area (Å²) in [5.41, 5.74) is 3.35. The van der Waals surface area contributed by atoms with Gasteiger partial charge in [0, 0.05) is 6.54 Å². The van der Waals surface area contributed by atoms with Crippen molar-refractivity contribution in [1.82, 2.24) is 5.32 Å². The Morgan fingerprint density at radius 3 is 2.44 bits per heavy atom. The molecule has 0 saturated carbocycles. The Balaban J connectivity index is 1.65. The molecule has 128 valence electrons. The molecule has 1 amide bonds. The first-order valence-electron chi connectivity index (χ1n) is 8.52. The minimum Gasteiger partial charge on any atom is -0.481 e. The highest BCUT2D eigenvalue weighted by atomic mass is 16.5. The Morgan fingerprint density at radius 2 is 1.68 bits per heavy atom. The van der Waals surface area contributed by atoms with Crippen LogP contribution in [0.4, 0.5) is 0 Å². The molecule has 0 aliphatic heterocycles. The predicted molar refractivity (Wildman–Crippen MR) is 102 cm³/mol. The average molecular weight is 333 g/mol. The molecule has 0 fully saturated rings. The van der Waals surface area contributed by atoms with E-state index < -0.39 is 6.10 Å². The number of aryl methyl sites for hydroxylation is 2. The van der Waals surface area contributed by atoms with Crippen molar-refractivity contribution in [3.8, 4) is 5.75 Å². The number of carbonyl (C=O) groups excluding carboxylic acids is 1. The largest absolute Gasteiger partial charge is 0.481 e. The zero-order valence-corrected chi connectivity index (χ0v) is 14.9.